The topological polar surface area (TPSA) is 80.8 Å². The molecule has 0 atom stereocenters. The van der Waals surface area contributed by atoms with E-state index in [0.29, 0.717) is 35.4 Å². The van der Waals surface area contributed by atoms with Gasteiger partial charge in [0.1, 0.15) is 5.82 Å². The van der Waals surface area contributed by atoms with E-state index < -0.39 is 0 Å². The summed E-state index contributed by atoms with van der Waals surface area (Å²) in [5, 5.41) is 18.0. The van der Waals surface area contributed by atoms with Gasteiger partial charge in [0.25, 0.3) is 0 Å². The number of benzene rings is 2. The minimum Gasteiger partial charge on any atom is -0.348 e. The van der Waals surface area contributed by atoms with Crippen LogP contribution in [-0.4, -0.2) is 23.9 Å². The maximum absolute atomic E-state index is 13.3. The van der Waals surface area contributed by atoms with Gasteiger partial charge in [-0.3, -0.25) is 4.79 Å². The standard InChI is InChI=1S/C26H18N4O/c27-15-21-8-4-19(5-9-21)13-23-17-30(25-3-1-2-12-29-25)18-24(26(23)31)14-20-6-10-22(16-28)11-7-20/h1-14H,17-18H2. The Bertz CT molecular complexity index is 1160. The van der Waals surface area contributed by atoms with Crippen LogP contribution in [0.4, 0.5) is 5.82 Å². The van der Waals surface area contributed by atoms with Crippen LogP contribution in [0.15, 0.2) is 84.1 Å². The summed E-state index contributed by atoms with van der Waals surface area (Å²) in [6.07, 6.45) is 5.47. The van der Waals surface area contributed by atoms with Crippen LogP contribution in [0, 0.1) is 22.7 Å². The molecule has 0 unspecified atom stereocenters. The third-order valence-electron chi connectivity index (χ3n) is 5.04. The van der Waals surface area contributed by atoms with E-state index in [2.05, 4.69) is 22.0 Å². The fourth-order valence-electron chi connectivity index (χ4n) is 3.45. The molecule has 0 saturated carbocycles. The van der Waals surface area contributed by atoms with Gasteiger partial charge in [-0.2, -0.15) is 10.5 Å². The molecule has 1 aliphatic heterocycles. The van der Waals surface area contributed by atoms with Crippen molar-refractivity contribution in [1.29, 1.82) is 10.5 Å². The van der Waals surface area contributed by atoms with E-state index in [0.717, 1.165) is 16.9 Å². The Labute approximate surface area is 180 Å². The van der Waals surface area contributed by atoms with Gasteiger partial charge in [0.2, 0.25) is 0 Å². The van der Waals surface area contributed by atoms with E-state index in [-0.39, 0.29) is 5.78 Å². The predicted octanol–water partition coefficient (Wildman–Crippen LogP) is 4.38. The molecule has 5 heteroatoms. The van der Waals surface area contributed by atoms with E-state index in [9.17, 15) is 4.79 Å². The third-order valence-corrected chi connectivity index (χ3v) is 5.04. The summed E-state index contributed by atoms with van der Waals surface area (Å²) < 4.78 is 0. The van der Waals surface area contributed by atoms with E-state index in [1.54, 1.807) is 30.5 Å². The molecule has 1 fully saturated rings. The molecular weight excluding hydrogens is 384 g/mol. The van der Waals surface area contributed by atoms with Crippen molar-refractivity contribution in [3.05, 3.63) is 106 Å². The molecule has 2 aromatic carbocycles. The largest absolute Gasteiger partial charge is 0.348 e. The van der Waals surface area contributed by atoms with E-state index in [1.165, 1.54) is 0 Å². The van der Waals surface area contributed by atoms with Crippen molar-refractivity contribution in [2.24, 2.45) is 0 Å². The number of ketones is 1. The molecule has 1 aliphatic rings. The lowest BCUT2D eigenvalue weighted by molar-refractivity contribution is -0.112. The van der Waals surface area contributed by atoms with Crippen LogP contribution >= 0.6 is 0 Å². The highest BCUT2D eigenvalue weighted by molar-refractivity contribution is 6.15. The van der Waals surface area contributed by atoms with Gasteiger partial charge >= 0.3 is 0 Å². The maximum atomic E-state index is 13.3. The average molecular weight is 402 g/mol. The third kappa shape index (κ3) is 4.58. The van der Waals surface area contributed by atoms with Crippen molar-refractivity contribution in [3.63, 3.8) is 0 Å². The molecule has 0 radical (unpaired) electrons. The highest BCUT2D eigenvalue weighted by Gasteiger charge is 2.26. The number of aromatic nitrogens is 1. The number of hydrogen-bond donors (Lipinski definition) is 0. The number of carbonyl (C=O) groups is 1. The molecule has 4 rings (SSSR count). The van der Waals surface area contributed by atoms with Crippen molar-refractivity contribution in [2.75, 3.05) is 18.0 Å². The summed E-state index contributed by atoms with van der Waals surface area (Å²) in [4.78, 5) is 19.8. The zero-order chi connectivity index (χ0) is 21.6. The lowest BCUT2D eigenvalue weighted by atomic mass is 9.94. The average Bonchev–Trinajstić information content (AvgIpc) is 2.83. The molecule has 0 amide bonds. The van der Waals surface area contributed by atoms with Crippen LogP contribution < -0.4 is 4.90 Å². The first kappa shape index (κ1) is 19.8. The van der Waals surface area contributed by atoms with Gasteiger partial charge in [0, 0.05) is 30.4 Å². The van der Waals surface area contributed by atoms with Gasteiger partial charge in [0.05, 0.1) is 23.3 Å². The second-order valence-electron chi connectivity index (χ2n) is 7.18. The Morgan fingerprint density at radius 1 is 0.774 bits per heavy atom. The molecule has 0 spiro atoms. The molecule has 5 nitrogen and oxygen atoms in total. The van der Waals surface area contributed by atoms with Crippen molar-refractivity contribution in [3.8, 4) is 12.1 Å². The summed E-state index contributed by atoms with van der Waals surface area (Å²) >= 11 is 0. The number of piperidine rings is 1. The van der Waals surface area contributed by atoms with Crippen molar-refractivity contribution < 1.29 is 4.79 Å². The number of rotatable bonds is 3. The predicted molar refractivity (Wildman–Crippen MR) is 120 cm³/mol. The van der Waals surface area contributed by atoms with Gasteiger partial charge in [-0.05, 0) is 59.7 Å². The van der Waals surface area contributed by atoms with E-state index >= 15 is 0 Å². The number of Topliss-reactive ketones (excluding diaryl/α,β-unsaturated/α-hetero) is 1. The lowest BCUT2D eigenvalue weighted by Crippen LogP contribution is -2.38. The number of hydrogen-bond acceptors (Lipinski definition) is 5. The first-order valence-electron chi connectivity index (χ1n) is 9.78. The summed E-state index contributed by atoms with van der Waals surface area (Å²) in [6.45, 7) is 0.890. The van der Waals surface area contributed by atoms with E-state index in [4.69, 9.17) is 10.5 Å². The monoisotopic (exact) mass is 402 g/mol. The first-order chi connectivity index (χ1) is 15.2. The molecule has 2 heterocycles. The molecule has 148 valence electrons. The minimum atomic E-state index is -0.0131. The van der Waals surface area contributed by atoms with Gasteiger partial charge in [-0.1, -0.05) is 30.3 Å². The normalized spacial score (nSPS) is 16.2. The van der Waals surface area contributed by atoms with Crippen LogP contribution in [-0.2, 0) is 4.79 Å². The van der Waals surface area contributed by atoms with Crippen molar-refractivity contribution in [1.82, 2.24) is 4.98 Å². The van der Waals surface area contributed by atoms with Crippen LogP contribution in [0.1, 0.15) is 22.3 Å². The minimum absolute atomic E-state index is 0.0131. The highest BCUT2D eigenvalue weighted by atomic mass is 16.1. The summed E-state index contributed by atoms with van der Waals surface area (Å²) in [7, 11) is 0. The van der Waals surface area contributed by atoms with Crippen LogP contribution in [0.5, 0.6) is 0 Å². The summed E-state index contributed by atoms with van der Waals surface area (Å²) in [5.74, 6) is 0.785. The zero-order valence-corrected chi connectivity index (χ0v) is 16.7. The molecule has 0 aliphatic carbocycles. The smallest absolute Gasteiger partial charge is 0.188 e. The first-order valence-corrected chi connectivity index (χ1v) is 9.78. The number of pyridine rings is 1. The second kappa shape index (κ2) is 8.90. The lowest BCUT2D eigenvalue weighted by Gasteiger charge is -2.30. The SMILES string of the molecule is N#Cc1ccc(C=C2CN(c3ccccn3)CC(=Cc3ccc(C#N)cc3)C2=O)cc1. The summed E-state index contributed by atoms with van der Waals surface area (Å²) in [6, 6.07) is 24.2. The Balaban J connectivity index is 1.72. The maximum Gasteiger partial charge on any atom is 0.188 e. The molecule has 0 N–H and O–H groups in total. The fourth-order valence-corrected chi connectivity index (χ4v) is 3.45. The zero-order valence-electron chi connectivity index (χ0n) is 16.7. The Kier molecular flexibility index (Phi) is 5.69. The number of anilines is 1. The second-order valence-corrected chi connectivity index (χ2v) is 7.18. The fraction of sp³-hybridized carbons (Fsp3) is 0.0769. The molecular formula is C26H18N4O. The van der Waals surface area contributed by atoms with Crippen molar-refractivity contribution in [2.45, 2.75) is 0 Å². The summed E-state index contributed by atoms with van der Waals surface area (Å²) in [5.41, 5.74) is 4.19. The van der Waals surface area contributed by atoms with Crippen LogP contribution in [0.3, 0.4) is 0 Å². The van der Waals surface area contributed by atoms with E-state index in [1.807, 2.05) is 54.6 Å². The van der Waals surface area contributed by atoms with Gasteiger partial charge in [0.15, 0.2) is 5.78 Å². The molecule has 0 bridgehead atoms. The highest BCUT2D eigenvalue weighted by Crippen LogP contribution is 2.25. The Morgan fingerprint density at radius 3 is 1.71 bits per heavy atom. The number of nitrogens with zero attached hydrogens (tertiary/aromatic N) is 4. The Morgan fingerprint density at radius 2 is 1.29 bits per heavy atom. The molecule has 1 saturated heterocycles. The van der Waals surface area contributed by atoms with Gasteiger partial charge in [-0.25, -0.2) is 4.98 Å². The van der Waals surface area contributed by atoms with Gasteiger partial charge in [-0.15, -0.1) is 0 Å². The molecule has 3 aromatic rings. The quantitative estimate of drug-likeness (QED) is 0.607. The van der Waals surface area contributed by atoms with Crippen molar-refractivity contribution >= 4 is 23.8 Å². The van der Waals surface area contributed by atoms with Gasteiger partial charge < -0.3 is 4.90 Å². The molecule has 1 aromatic heterocycles. The van der Waals surface area contributed by atoms with Crippen LogP contribution in [0.2, 0.25) is 0 Å². The van der Waals surface area contributed by atoms with Crippen LogP contribution in [0.25, 0.3) is 12.2 Å². The number of nitriles is 2. The Hall–Kier alpha value is -4.48. The molecule has 31 heavy (non-hydrogen) atoms. The number of carbonyl (C=O) groups excluding carboxylic acids is 1.